The van der Waals surface area contributed by atoms with Crippen LogP contribution in [0.5, 0.6) is 0 Å². The lowest BCUT2D eigenvalue weighted by Gasteiger charge is -2.29. The second kappa shape index (κ2) is 5.23. The SMILES string of the molecule is O=c1cc([C@@H]2CCN[C@H](c3ccc(Cl)cc3)C2)o[nH]1. The average molecular weight is 279 g/mol. The lowest BCUT2D eigenvalue weighted by atomic mass is 9.87. The molecule has 1 aromatic carbocycles. The van der Waals surface area contributed by atoms with Crippen LogP contribution >= 0.6 is 11.6 Å². The van der Waals surface area contributed by atoms with Gasteiger partial charge < -0.3 is 9.84 Å². The molecule has 1 aliphatic rings. The van der Waals surface area contributed by atoms with E-state index in [0.29, 0.717) is 0 Å². The molecule has 1 fully saturated rings. The van der Waals surface area contributed by atoms with Gasteiger partial charge in [0.25, 0.3) is 5.56 Å². The maximum Gasteiger partial charge on any atom is 0.280 e. The van der Waals surface area contributed by atoms with E-state index in [1.807, 2.05) is 24.3 Å². The molecule has 1 aromatic heterocycles. The summed E-state index contributed by atoms with van der Waals surface area (Å²) in [5, 5.41) is 6.59. The van der Waals surface area contributed by atoms with Gasteiger partial charge in [0.2, 0.25) is 0 Å². The van der Waals surface area contributed by atoms with Crippen molar-refractivity contribution < 1.29 is 4.52 Å². The number of aromatic nitrogens is 1. The van der Waals surface area contributed by atoms with Gasteiger partial charge in [0.15, 0.2) is 0 Å². The first kappa shape index (κ1) is 12.5. The zero-order valence-electron chi connectivity index (χ0n) is 10.4. The van der Waals surface area contributed by atoms with Crippen molar-refractivity contribution in [3.8, 4) is 0 Å². The lowest BCUT2D eigenvalue weighted by molar-refractivity contribution is 0.295. The van der Waals surface area contributed by atoms with Crippen LogP contribution in [0.15, 0.2) is 39.6 Å². The minimum Gasteiger partial charge on any atom is -0.383 e. The van der Waals surface area contributed by atoms with Crippen molar-refractivity contribution in [3.63, 3.8) is 0 Å². The molecule has 0 aliphatic carbocycles. The van der Waals surface area contributed by atoms with Crippen molar-refractivity contribution >= 4 is 11.6 Å². The van der Waals surface area contributed by atoms with Gasteiger partial charge in [-0.2, -0.15) is 5.16 Å². The fourth-order valence-electron chi connectivity index (χ4n) is 2.62. The summed E-state index contributed by atoms with van der Waals surface area (Å²) in [6, 6.07) is 9.70. The Morgan fingerprint density at radius 1 is 1.26 bits per heavy atom. The Hall–Kier alpha value is -1.52. The molecule has 0 unspecified atom stereocenters. The molecule has 2 N–H and O–H groups in total. The van der Waals surface area contributed by atoms with Gasteiger partial charge in [-0.1, -0.05) is 23.7 Å². The summed E-state index contributed by atoms with van der Waals surface area (Å²) in [6.45, 7) is 0.910. The van der Waals surface area contributed by atoms with E-state index >= 15 is 0 Å². The van der Waals surface area contributed by atoms with E-state index in [1.165, 1.54) is 5.56 Å². The summed E-state index contributed by atoms with van der Waals surface area (Å²) in [7, 11) is 0. The number of piperidine rings is 1. The highest BCUT2D eigenvalue weighted by Crippen LogP contribution is 2.33. The van der Waals surface area contributed by atoms with Crippen LogP contribution in [0.2, 0.25) is 5.02 Å². The molecule has 0 saturated carbocycles. The molecule has 2 heterocycles. The van der Waals surface area contributed by atoms with Gasteiger partial charge in [0, 0.05) is 23.0 Å². The van der Waals surface area contributed by atoms with Gasteiger partial charge in [-0.15, -0.1) is 0 Å². The van der Waals surface area contributed by atoms with Gasteiger partial charge in [-0.05, 0) is 37.1 Å². The standard InChI is InChI=1S/C14H15ClN2O2/c15-11-3-1-9(2-4-11)12-7-10(5-6-16-12)13-8-14(18)17-19-13/h1-4,8,10,12,16H,5-7H2,(H,17,18)/t10-,12+/m1/s1. The van der Waals surface area contributed by atoms with Gasteiger partial charge in [0.1, 0.15) is 5.76 Å². The van der Waals surface area contributed by atoms with Crippen LogP contribution in [0.1, 0.15) is 36.1 Å². The molecule has 5 heteroatoms. The molecule has 2 aromatic rings. The summed E-state index contributed by atoms with van der Waals surface area (Å²) >= 11 is 5.90. The Morgan fingerprint density at radius 3 is 2.74 bits per heavy atom. The predicted molar refractivity (Wildman–Crippen MR) is 73.5 cm³/mol. The zero-order chi connectivity index (χ0) is 13.2. The van der Waals surface area contributed by atoms with E-state index in [4.69, 9.17) is 16.1 Å². The van der Waals surface area contributed by atoms with Crippen molar-refractivity contribution in [1.82, 2.24) is 10.5 Å². The number of hydrogen-bond donors (Lipinski definition) is 2. The molecule has 0 amide bonds. The van der Waals surface area contributed by atoms with Crippen LogP contribution < -0.4 is 10.9 Å². The van der Waals surface area contributed by atoms with E-state index in [-0.39, 0.29) is 17.5 Å². The van der Waals surface area contributed by atoms with E-state index < -0.39 is 0 Å². The largest absolute Gasteiger partial charge is 0.383 e. The van der Waals surface area contributed by atoms with Gasteiger partial charge >= 0.3 is 0 Å². The number of rotatable bonds is 2. The molecule has 0 radical (unpaired) electrons. The molecule has 2 atom stereocenters. The van der Waals surface area contributed by atoms with E-state index in [0.717, 1.165) is 30.2 Å². The number of H-pyrrole nitrogens is 1. The molecule has 1 saturated heterocycles. The summed E-state index contributed by atoms with van der Waals surface area (Å²) in [5.74, 6) is 1.03. The predicted octanol–water partition coefficient (Wildman–Crippen LogP) is 2.83. The van der Waals surface area contributed by atoms with Crippen molar-refractivity contribution in [2.24, 2.45) is 0 Å². The van der Waals surface area contributed by atoms with Crippen molar-refractivity contribution in [1.29, 1.82) is 0 Å². The monoisotopic (exact) mass is 278 g/mol. The molecule has 4 nitrogen and oxygen atoms in total. The molecule has 0 spiro atoms. The molecule has 100 valence electrons. The van der Waals surface area contributed by atoms with E-state index in [2.05, 4.69) is 10.5 Å². The topological polar surface area (TPSA) is 58.0 Å². The van der Waals surface area contributed by atoms with Gasteiger partial charge in [-0.25, -0.2) is 0 Å². The molecule has 3 rings (SSSR count). The third-order valence-electron chi connectivity index (χ3n) is 3.62. The second-order valence-electron chi connectivity index (χ2n) is 4.89. The average Bonchev–Trinajstić information content (AvgIpc) is 2.86. The molecule has 0 bridgehead atoms. The van der Waals surface area contributed by atoms with E-state index in [1.54, 1.807) is 6.07 Å². The Bertz CT molecular complexity index is 602. The fraction of sp³-hybridized carbons (Fsp3) is 0.357. The number of benzene rings is 1. The summed E-state index contributed by atoms with van der Waals surface area (Å²) in [5.41, 5.74) is 1.04. The minimum absolute atomic E-state index is 0.170. The third kappa shape index (κ3) is 2.74. The Kier molecular flexibility index (Phi) is 3.44. The number of hydrogen-bond acceptors (Lipinski definition) is 3. The number of aromatic amines is 1. The number of halogens is 1. The Balaban J connectivity index is 1.78. The van der Waals surface area contributed by atoms with E-state index in [9.17, 15) is 4.79 Å². The quantitative estimate of drug-likeness (QED) is 0.888. The Morgan fingerprint density at radius 2 is 2.05 bits per heavy atom. The van der Waals surface area contributed by atoms with Crippen molar-refractivity contribution in [3.05, 3.63) is 57.0 Å². The van der Waals surface area contributed by atoms with Crippen LogP contribution in [0.4, 0.5) is 0 Å². The molecular weight excluding hydrogens is 264 g/mol. The lowest BCUT2D eigenvalue weighted by Crippen LogP contribution is -2.30. The highest BCUT2D eigenvalue weighted by Gasteiger charge is 2.26. The maximum atomic E-state index is 11.1. The summed E-state index contributed by atoms with van der Waals surface area (Å²) in [6.07, 6.45) is 1.90. The van der Waals surface area contributed by atoms with Crippen molar-refractivity contribution in [2.45, 2.75) is 24.8 Å². The van der Waals surface area contributed by atoms with Crippen LogP contribution in [-0.2, 0) is 0 Å². The highest BCUT2D eigenvalue weighted by atomic mass is 35.5. The molecule has 19 heavy (non-hydrogen) atoms. The van der Waals surface area contributed by atoms with Crippen molar-refractivity contribution in [2.75, 3.05) is 6.54 Å². The second-order valence-corrected chi connectivity index (χ2v) is 5.33. The zero-order valence-corrected chi connectivity index (χ0v) is 11.1. The van der Waals surface area contributed by atoms with Crippen LogP contribution in [0, 0.1) is 0 Å². The smallest absolute Gasteiger partial charge is 0.280 e. The highest BCUT2D eigenvalue weighted by molar-refractivity contribution is 6.30. The maximum absolute atomic E-state index is 11.1. The third-order valence-corrected chi connectivity index (χ3v) is 3.87. The minimum atomic E-state index is -0.170. The van der Waals surface area contributed by atoms with Crippen LogP contribution in [0.3, 0.4) is 0 Å². The first-order chi connectivity index (χ1) is 9.22. The fourth-order valence-corrected chi connectivity index (χ4v) is 2.75. The Labute approximate surface area is 115 Å². The molecular formula is C14H15ClN2O2. The molecule has 1 aliphatic heterocycles. The summed E-state index contributed by atoms with van der Waals surface area (Å²) < 4.78 is 5.22. The first-order valence-electron chi connectivity index (χ1n) is 6.39. The summed E-state index contributed by atoms with van der Waals surface area (Å²) in [4.78, 5) is 11.1. The van der Waals surface area contributed by atoms with Crippen LogP contribution in [-0.4, -0.2) is 11.7 Å². The first-order valence-corrected chi connectivity index (χ1v) is 6.77. The van der Waals surface area contributed by atoms with Gasteiger partial charge in [0.05, 0.1) is 0 Å². The normalized spacial score (nSPS) is 23.4. The van der Waals surface area contributed by atoms with Gasteiger partial charge in [-0.3, -0.25) is 4.79 Å². The number of nitrogens with one attached hydrogen (secondary N) is 2. The van der Waals surface area contributed by atoms with Crippen LogP contribution in [0.25, 0.3) is 0 Å².